The maximum absolute atomic E-state index is 9.25. The minimum absolute atomic E-state index is 0.218. The highest BCUT2D eigenvalue weighted by molar-refractivity contribution is 4.82. The van der Waals surface area contributed by atoms with Crippen molar-refractivity contribution in [2.45, 2.75) is 12.2 Å². The van der Waals surface area contributed by atoms with Gasteiger partial charge in [0.1, 0.15) is 18.8 Å². The molecule has 0 saturated carbocycles. The number of terminal acetylenes is 1. The van der Waals surface area contributed by atoms with Gasteiger partial charge < -0.3 is 19.3 Å². The molecule has 2 unspecified atom stereocenters. The number of aliphatic hydroxyl groups is 1. The molecular formula is C9H14O4. The van der Waals surface area contributed by atoms with Crippen LogP contribution < -0.4 is 0 Å². The van der Waals surface area contributed by atoms with E-state index in [0.29, 0.717) is 6.61 Å². The van der Waals surface area contributed by atoms with Crippen LogP contribution in [0.5, 0.6) is 0 Å². The minimum Gasteiger partial charge on any atom is -0.388 e. The summed E-state index contributed by atoms with van der Waals surface area (Å²) in [5.74, 6) is 2.31. The van der Waals surface area contributed by atoms with Crippen LogP contribution in [0.4, 0.5) is 0 Å². The third kappa shape index (κ3) is 5.61. The second-order valence-electron chi connectivity index (χ2n) is 2.87. The van der Waals surface area contributed by atoms with Crippen LogP contribution in [0.1, 0.15) is 0 Å². The summed E-state index contributed by atoms with van der Waals surface area (Å²) in [5, 5.41) is 9.25. The highest BCUT2D eigenvalue weighted by Gasteiger charge is 2.22. The number of hydrogen-bond acceptors (Lipinski definition) is 4. The Hall–Kier alpha value is -0.600. The second-order valence-corrected chi connectivity index (χ2v) is 2.87. The molecule has 1 rings (SSSR count). The van der Waals surface area contributed by atoms with Gasteiger partial charge in [-0.3, -0.25) is 0 Å². The van der Waals surface area contributed by atoms with E-state index in [1.165, 1.54) is 0 Å². The van der Waals surface area contributed by atoms with Crippen molar-refractivity contribution in [2.24, 2.45) is 0 Å². The summed E-state index contributed by atoms with van der Waals surface area (Å²) < 4.78 is 15.0. The summed E-state index contributed by atoms with van der Waals surface area (Å²) in [7, 11) is 0. The van der Waals surface area contributed by atoms with E-state index in [9.17, 15) is 5.11 Å². The van der Waals surface area contributed by atoms with Crippen molar-refractivity contribution < 1.29 is 19.3 Å². The van der Waals surface area contributed by atoms with E-state index in [4.69, 9.17) is 20.6 Å². The maximum atomic E-state index is 9.25. The van der Waals surface area contributed by atoms with Crippen molar-refractivity contribution in [3.63, 3.8) is 0 Å². The first kappa shape index (κ1) is 10.5. The number of epoxide rings is 1. The fourth-order valence-electron chi connectivity index (χ4n) is 0.802. The van der Waals surface area contributed by atoms with Gasteiger partial charge in [0.25, 0.3) is 0 Å². The molecule has 4 nitrogen and oxygen atoms in total. The van der Waals surface area contributed by atoms with Crippen LogP contribution in [-0.2, 0) is 14.2 Å². The summed E-state index contributed by atoms with van der Waals surface area (Å²) >= 11 is 0. The zero-order chi connectivity index (χ0) is 9.52. The monoisotopic (exact) mass is 186 g/mol. The van der Waals surface area contributed by atoms with Crippen LogP contribution in [0.15, 0.2) is 0 Å². The standard InChI is InChI=1S/C9H14O4/c1-2-3-11-4-8(10)5-12-6-9-7-13-9/h1,8-10H,3-7H2. The number of aliphatic hydroxyl groups excluding tert-OH is 1. The topological polar surface area (TPSA) is 51.2 Å². The molecule has 0 aromatic heterocycles. The van der Waals surface area contributed by atoms with Crippen LogP contribution in [0.3, 0.4) is 0 Å². The third-order valence-electron chi connectivity index (χ3n) is 1.51. The fourth-order valence-corrected chi connectivity index (χ4v) is 0.802. The number of rotatable bonds is 7. The molecule has 0 radical (unpaired) electrons. The van der Waals surface area contributed by atoms with Gasteiger partial charge in [0, 0.05) is 0 Å². The molecule has 0 amide bonds. The first-order valence-corrected chi connectivity index (χ1v) is 4.21. The van der Waals surface area contributed by atoms with Gasteiger partial charge in [0.05, 0.1) is 26.4 Å². The first-order chi connectivity index (χ1) is 6.33. The Kier molecular flexibility index (Phi) is 4.79. The van der Waals surface area contributed by atoms with E-state index in [1.807, 2.05) is 0 Å². The summed E-state index contributed by atoms with van der Waals surface area (Å²) in [6, 6.07) is 0. The molecule has 0 bridgehead atoms. The lowest BCUT2D eigenvalue weighted by Gasteiger charge is -2.09. The fraction of sp³-hybridized carbons (Fsp3) is 0.778. The summed E-state index contributed by atoms with van der Waals surface area (Å²) in [4.78, 5) is 0. The van der Waals surface area contributed by atoms with Gasteiger partial charge in [-0.05, 0) is 0 Å². The summed E-state index contributed by atoms with van der Waals surface area (Å²) in [6.45, 7) is 2.03. The highest BCUT2D eigenvalue weighted by atomic mass is 16.6. The quantitative estimate of drug-likeness (QED) is 0.328. The average molecular weight is 186 g/mol. The number of hydrogen-bond donors (Lipinski definition) is 1. The van der Waals surface area contributed by atoms with Crippen molar-refractivity contribution in [3.8, 4) is 12.3 Å². The molecular weight excluding hydrogens is 172 g/mol. The average Bonchev–Trinajstić information content (AvgIpc) is 2.89. The Balaban J connectivity index is 1.84. The summed E-state index contributed by atoms with van der Waals surface area (Å²) in [5.41, 5.74) is 0. The van der Waals surface area contributed by atoms with Gasteiger partial charge in [0.2, 0.25) is 0 Å². The van der Waals surface area contributed by atoms with Crippen molar-refractivity contribution in [3.05, 3.63) is 0 Å². The molecule has 1 fully saturated rings. The molecule has 0 aromatic rings. The van der Waals surface area contributed by atoms with Crippen LogP contribution in [0, 0.1) is 12.3 Å². The molecule has 13 heavy (non-hydrogen) atoms. The largest absolute Gasteiger partial charge is 0.388 e. The van der Waals surface area contributed by atoms with Gasteiger partial charge >= 0.3 is 0 Å². The van der Waals surface area contributed by atoms with Gasteiger partial charge in [-0.25, -0.2) is 0 Å². The van der Waals surface area contributed by atoms with Crippen molar-refractivity contribution in [2.75, 3.05) is 33.0 Å². The molecule has 1 N–H and O–H groups in total. The lowest BCUT2D eigenvalue weighted by atomic mass is 10.4. The van der Waals surface area contributed by atoms with Crippen LogP contribution in [0.2, 0.25) is 0 Å². The van der Waals surface area contributed by atoms with Gasteiger partial charge in [-0.1, -0.05) is 5.92 Å². The van der Waals surface area contributed by atoms with Gasteiger partial charge in [-0.15, -0.1) is 6.42 Å². The number of ether oxygens (including phenoxy) is 3. The lowest BCUT2D eigenvalue weighted by Crippen LogP contribution is -2.22. The lowest BCUT2D eigenvalue weighted by molar-refractivity contribution is -0.0150. The molecule has 0 aromatic carbocycles. The van der Waals surface area contributed by atoms with Gasteiger partial charge in [-0.2, -0.15) is 0 Å². The molecule has 1 saturated heterocycles. The molecule has 4 heteroatoms. The molecule has 0 aliphatic carbocycles. The Labute approximate surface area is 77.8 Å². The molecule has 2 atom stereocenters. The van der Waals surface area contributed by atoms with Crippen LogP contribution in [-0.4, -0.2) is 50.3 Å². The molecule has 0 spiro atoms. The van der Waals surface area contributed by atoms with E-state index in [-0.39, 0.29) is 25.9 Å². The zero-order valence-corrected chi connectivity index (χ0v) is 7.44. The van der Waals surface area contributed by atoms with Gasteiger partial charge in [0.15, 0.2) is 0 Å². The molecule has 1 aliphatic heterocycles. The van der Waals surface area contributed by atoms with Crippen molar-refractivity contribution in [1.29, 1.82) is 0 Å². The van der Waals surface area contributed by atoms with E-state index >= 15 is 0 Å². The predicted molar refractivity (Wildman–Crippen MR) is 46.2 cm³/mol. The smallest absolute Gasteiger partial charge is 0.107 e. The summed E-state index contributed by atoms with van der Waals surface area (Å²) in [6.07, 6.45) is 4.59. The molecule has 1 heterocycles. The Morgan fingerprint density at radius 3 is 2.85 bits per heavy atom. The maximum Gasteiger partial charge on any atom is 0.107 e. The van der Waals surface area contributed by atoms with Crippen molar-refractivity contribution in [1.82, 2.24) is 0 Å². The van der Waals surface area contributed by atoms with E-state index < -0.39 is 6.10 Å². The van der Waals surface area contributed by atoms with E-state index in [2.05, 4.69) is 5.92 Å². The van der Waals surface area contributed by atoms with Crippen molar-refractivity contribution >= 4 is 0 Å². The Morgan fingerprint density at radius 2 is 2.23 bits per heavy atom. The molecule has 1 aliphatic rings. The second kappa shape index (κ2) is 5.95. The minimum atomic E-state index is -0.605. The highest BCUT2D eigenvalue weighted by Crippen LogP contribution is 2.08. The normalized spacial score (nSPS) is 22.3. The first-order valence-electron chi connectivity index (χ1n) is 4.21. The van der Waals surface area contributed by atoms with E-state index in [1.54, 1.807) is 0 Å². The van der Waals surface area contributed by atoms with Crippen LogP contribution >= 0.6 is 0 Å². The van der Waals surface area contributed by atoms with E-state index in [0.717, 1.165) is 6.61 Å². The predicted octanol–water partition coefficient (Wildman–Crippen LogP) is -0.588. The molecule has 74 valence electrons. The van der Waals surface area contributed by atoms with Crippen LogP contribution in [0.25, 0.3) is 0 Å². The third-order valence-corrected chi connectivity index (χ3v) is 1.51. The zero-order valence-electron chi connectivity index (χ0n) is 7.44. The Morgan fingerprint density at radius 1 is 1.54 bits per heavy atom. The Bertz CT molecular complexity index is 171. The SMILES string of the molecule is C#CCOCC(O)COCC1CO1.